The number of rotatable bonds is 5. The molecule has 0 radical (unpaired) electrons. The van der Waals surface area contributed by atoms with Gasteiger partial charge in [-0.3, -0.25) is 4.79 Å². The van der Waals surface area contributed by atoms with Gasteiger partial charge in [-0.25, -0.2) is 4.98 Å². The van der Waals surface area contributed by atoms with Crippen LogP contribution in [-0.2, 0) is 17.9 Å². The van der Waals surface area contributed by atoms with E-state index in [2.05, 4.69) is 4.98 Å². The predicted molar refractivity (Wildman–Crippen MR) is 71.2 cm³/mol. The maximum Gasteiger partial charge on any atom is 0.406 e. The number of carbonyl (C=O) groups excluding carboxylic acids is 1. The maximum atomic E-state index is 12.4. The van der Waals surface area contributed by atoms with E-state index < -0.39 is 12.7 Å². The molecule has 21 heavy (non-hydrogen) atoms. The number of nitrogens with zero attached hydrogens (tertiary/aromatic N) is 3. The van der Waals surface area contributed by atoms with Gasteiger partial charge in [0.2, 0.25) is 5.91 Å². The van der Waals surface area contributed by atoms with Crippen LogP contribution in [0.1, 0.15) is 25.1 Å². The number of halogens is 3. The fraction of sp³-hybridized carbons (Fsp3) is 0.571. The van der Waals surface area contributed by atoms with E-state index in [1.54, 1.807) is 7.05 Å². The summed E-state index contributed by atoms with van der Waals surface area (Å²) in [7, 11) is 1.59. The molecule has 0 bridgehead atoms. The molecule has 0 spiro atoms. The molecule has 1 heterocycles. The van der Waals surface area contributed by atoms with Gasteiger partial charge in [-0.05, 0) is 18.8 Å². The smallest absolute Gasteiger partial charge is 0.338 e. The molecule has 0 saturated carbocycles. The molecular formula is C14H18F3N3O. The molecule has 1 atom stereocenters. The van der Waals surface area contributed by atoms with Crippen molar-refractivity contribution in [3.63, 3.8) is 0 Å². The Morgan fingerprint density at radius 3 is 2.90 bits per heavy atom. The first-order chi connectivity index (χ1) is 9.85. The lowest BCUT2D eigenvalue weighted by molar-refractivity contribution is -0.141. The Hall–Kier alpha value is -1.79. The summed E-state index contributed by atoms with van der Waals surface area (Å²) in [4.78, 5) is 17.4. The minimum absolute atomic E-state index is 0.0758. The number of imidazole rings is 1. The highest BCUT2D eigenvalue weighted by molar-refractivity contribution is 5.76. The van der Waals surface area contributed by atoms with Gasteiger partial charge in [0.1, 0.15) is 12.4 Å². The van der Waals surface area contributed by atoms with Crippen LogP contribution in [0.2, 0.25) is 0 Å². The lowest BCUT2D eigenvalue weighted by Crippen LogP contribution is -2.29. The van der Waals surface area contributed by atoms with Gasteiger partial charge in [-0.1, -0.05) is 12.2 Å². The van der Waals surface area contributed by atoms with Crippen LogP contribution in [0, 0.1) is 5.92 Å². The fourth-order valence-corrected chi connectivity index (χ4v) is 2.37. The van der Waals surface area contributed by atoms with Crippen LogP contribution in [0.3, 0.4) is 0 Å². The summed E-state index contributed by atoms with van der Waals surface area (Å²) >= 11 is 0. The van der Waals surface area contributed by atoms with Crippen molar-refractivity contribution in [1.82, 2.24) is 14.5 Å². The average molecular weight is 301 g/mol. The maximum absolute atomic E-state index is 12.4. The summed E-state index contributed by atoms with van der Waals surface area (Å²) in [5.74, 6) is 0.410. The standard InChI is InChI=1S/C14H18F3N3O/c1-19(13(21)8-11-4-2-3-5-11)9-12-18-6-7-20(12)10-14(15,16)17/h2,4,6-7,11H,3,5,8-10H2,1H3/t11-/m1/s1. The normalized spacial score (nSPS) is 18.2. The largest absolute Gasteiger partial charge is 0.406 e. The molecule has 0 fully saturated rings. The molecule has 0 unspecified atom stereocenters. The second-order valence-corrected chi connectivity index (χ2v) is 5.31. The van der Waals surface area contributed by atoms with E-state index in [4.69, 9.17) is 0 Å². The summed E-state index contributed by atoms with van der Waals surface area (Å²) in [6, 6.07) is 0. The zero-order valence-electron chi connectivity index (χ0n) is 11.8. The van der Waals surface area contributed by atoms with Crippen LogP contribution in [0.5, 0.6) is 0 Å². The van der Waals surface area contributed by atoms with Gasteiger partial charge in [-0.2, -0.15) is 13.2 Å². The van der Waals surface area contributed by atoms with Crippen molar-refractivity contribution in [3.05, 3.63) is 30.4 Å². The summed E-state index contributed by atoms with van der Waals surface area (Å²) in [5.41, 5.74) is 0. The molecule has 0 aliphatic heterocycles. The summed E-state index contributed by atoms with van der Waals surface area (Å²) in [6.45, 7) is -1.01. The summed E-state index contributed by atoms with van der Waals surface area (Å²) < 4.78 is 38.3. The third-order valence-electron chi connectivity index (χ3n) is 3.50. The van der Waals surface area contributed by atoms with E-state index in [1.807, 2.05) is 12.2 Å². The van der Waals surface area contributed by atoms with Crippen LogP contribution >= 0.6 is 0 Å². The highest BCUT2D eigenvalue weighted by Crippen LogP contribution is 2.22. The van der Waals surface area contributed by atoms with Crippen LogP contribution in [-0.4, -0.2) is 33.6 Å². The topological polar surface area (TPSA) is 38.1 Å². The Morgan fingerprint density at radius 2 is 2.29 bits per heavy atom. The third kappa shape index (κ3) is 4.61. The van der Waals surface area contributed by atoms with Gasteiger partial charge in [0.15, 0.2) is 0 Å². The molecule has 116 valence electrons. The first-order valence-electron chi connectivity index (χ1n) is 6.82. The van der Waals surface area contributed by atoms with E-state index in [0.29, 0.717) is 6.42 Å². The minimum atomic E-state index is -4.30. The highest BCUT2D eigenvalue weighted by Gasteiger charge is 2.29. The molecule has 2 rings (SSSR count). The molecule has 4 nitrogen and oxygen atoms in total. The van der Waals surface area contributed by atoms with E-state index in [-0.39, 0.29) is 24.2 Å². The first kappa shape index (κ1) is 15.6. The van der Waals surface area contributed by atoms with Gasteiger partial charge < -0.3 is 9.47 Å². The lowest BCUT2D eigenvalue weighted by Gasteiger charge is -2.19. The van der Waals surface area contributed by atoms with Crippen LogP contribution < -0.4 is 0 Å². The molecular weight excluding hydrogens is 283 g/mol. The molecule has 7 heteroatoms. The second kappa shape index (κ2) is 6.32. The van der Waals surface area contributed by atoms with Gasteiger partial charge in [0.05, 0.1) is 6.54 Å². The Balaban J connectivity index is 1.93. The van der Waals surface area contributed by atoms with Crippen LogP contribution in [0.15, 0.2) is 24.5 Å². The van der Waals surface area contributed by atoms with Crippen molar-refractivity contribution in [3.8, 4) is 0 Å². The zero-order valence-corrected chi connectivity index (χ0v) is 11.8. The highest BCUT2D eigenvalue weighted by atomic mass is 19.4. The average Bonchev–Trinajstić information content (AvgIpc) is 3.00. The monoisotopic (exact) mass is 301 g/mol. The van der Waals surface area contributed by atoms with Gasteiger partial charge in [-0.15, -0.1) is 0 Å². The minimum Gasteiger partial charge on any atom is -0.338 e. The van der Waals surface area contributed by atoms with Crippen molar-refractivity contribution < 1.29 is 18.0 Å². The Kier molecular flexibility index (Phi) is 4.69. The molecule has 0 aromatic carbocycles. The number of hydrogen-bond donors (Lipinski definition) is 0. The predicted octanol–water partition coefficient (Wildman–Crippen LogP) is 2.76. The van der Waals surface area contributed by atoms with E-state index in [1.165, 1.54) is 17.3 Å². The van der Waals surface area contributed by atoms with E-state index in [0.717, 1.165) is 17.4 Å². The summed E-state index contributed by atoms with van der Waals surface area (Å²) in [5, 5.41) is 0. The molecule has 0 saturated heterocycles. The number of alkyl halides is 3. The van der Waals surface area contributed by atoms with Crippen LogP contribution in [0.4, 0.5) is 13.2 Å². The number of aromatic nitrogens is 2. The number of allylic oxidation sites excluding steroid dienone is 2. The van der Waals surface area contributed by atoms with Gasteiger partial charge in [0, 0.05) is 25.9 Å². The van der Waals surface area contributed by atoms with E-state index >= 15 is 0 Å². The van der Waals surface area contributed by atoms with Crippen LogP contribution in [0.25, 0.3) is 0 Å². The first-order valence-corrected chi connectivity index (χ1v) is 6.82. The fourth-order valence-electron chi connectivity index (χ4n) is 2.37. The second-order valence-electron chi connectivity index (χ2n) is 5.31. The molecule has 1 amide bonds. The molecule has 1 aliphatic rings. The van der Waals surface area contributed by atoms with Crippen molar-refractivity contribution in [2.24, 2.45) is 5.92 Å². The zero-order chi connectivity index (χ0) is 15.5. The Bertz CT molecular complexity index is 522. The van der Waals surface area contributed by atoms with Crippen molar-refractivity contribution in [2.75, 3.05) is 7.05 Å². The third-order valence-corrected chi connectivity index (χ3v) is 3.50. The quantitative estimate of drug-likeness (QED) is 0.784. The van der Waals surface area contributed by atoms with Gasteiger partial charge in [0.25, 0.3) is 0 Å². The van der Waals surface area contributed by atoms with Crippen molar-refractivity contribution in [2.45, 2.75) is 38.5 Å². The molecule has 0 N–H and O–H groups in total. The van der Waals surface area contributed by atoms with Crippen molar-refractivity contribution >= 4 is 5.91 Å². The van der Waals surface area contributed by atoms with E-state index in [9.17, 15) is 18.0 Å². The number of carbonyl (C=O) groups is 1. The Morgan fingerprint density at radius 1 is 1.52 bits per heavy atom. The number of hydrogen-bond acceptors (Lipinski definition) is 2. The van der Waals surface area contributed by atoms with Gasteiger partial charge >= 0.3 is 6.18 Å². The molecule has 1 aliphatic carbocycles. The SMILES string of the molecule is CN(Cc1nccn1CC(F)(F)F)C(=O)C[C@@H]1C=CCC1. The van der Waals surface area contributed by atoms with Crippen molar-refractivity contribution in [1.29, 1.82) is 0 Å². The molecule has 1 aromatic rings. The molecule has 1 aromatic heterocycles. The number of amides is 1. The lowest BCUT2D eigenvalue weighted by atomic mass is 10.0. The summed E-state index contributed by atoms with van der Waals surface area (Å²) in [6.07, 6.45) is 4.71. The Labute approximate surface area is 121 Å².